The van der Waals surface area contributed by atoms with Crippen LogP contribution >= 0.6 is 0 Å². The summed E-state index contributed by atoms with van der Waals surface area (Å²) in [5, 5.41) is 13.3. The van der Waals surface area contributed by atoms with E-state index in [1.807, 2.05) is 0 Å². The largest absolute Gasteiger partial charge is 0.434 e. The van der Waals surface area contributed by atoms with Crippen LogP contribution in [0.1, 0.15) is 59.4 Å². The number of aromatic nitrogens is 4. The number of halogens is 3. The fourth-order valence-corrected chi connectivity index (χ4v) is 4.19. The number of nitrogens with one attached hydrogen (secondary N) is 2. The van der Waals surface area contributed by atoms with Crippen LogP contribution in [0, 0.1) is 12.8 Å². The lowest BCUT2D eigenvalue weighted by atomic mass is 9.86. The molecule has 31 heavy (non-hydrogen) atoms. The van der Waals surface area contributed by atoms with Gasteiger partial charge in [-0.05, 0) is 30.9 Å². The zero-order chi connectivity index (χ0) is 22.0. The number of hydrogen-bond acceptors (Lipinski definition) is 3. The van der Waals surface area contributed by atoms with E-state index in [0.29, 0.717) is 11.5 Å². The third-order valence-electron chi connectivity index (χ3n) is 5.73. The van der Waals surface area contributed by atoms with Gasteiger partial charge in [-0.1, -0.05) is 50.3 Å². The number of alkyl halides is 3. The standard InChI is InChI=1S/C22H24F3N5O/c1-14-7-5-6-10-18(14)30-20(22(23,24)25)17(13-26-30)21(31)27-19-12-16(28-29-19)11-15-8-3-2-4-9-15/h5-7,10,12-13,15H,2-4,8-9,11H2,1H3,(H2,27,28,29,31). The van der Waals surface area contributed by atoms with Crippen molar-refractivity contribution < 1.29 is 18.0 Å². The van der Waals surface area contributed by atoms with Gasteiger partial charge in [0.15, 0.2) is 11.5 Å². The Morgan fingerprint density at radius 3 is 2.68 bits per heavy atom. The first-order valence-corrected chi connectivity index (χ1v) is 10.4. The second kappa shape index (κ2) is 8.56. The van der Waals surface area contributed by atoms with Gasteiger partial charge >= 0.3 is 6.18 Å². The summed E-state index contributed by atoms with van der Waals surface area (Å²) in [5.41, 5.74) is 0.0878. The van der Waals surface area contributed by atoms with Crippen LogP contribution in [0.15, 0.2) is 36.5 Å². The van der Waals surface area contributed by atoms with E-state index in [0.717, 1.165) is 35.8 Å². The molecule has 0 bridgehead atoms. The van der Waals surface area contributed by atoms with E-state index in [1.165, 1.54) is 25.3 Å². The molecule has 2 heterocycles. The van der Waals surface area contributed by atoms with Gasteiger partial charge in [-0.15, -0.1) is 0 Å². The van der Waals surface area contributed by atoms with Crippen molar-refractivity contribution in [1.82, 2.24) is 20.0 Å². The molecular weight excluding hydrogens is 407 g/mol. The minimum absolute atomic E-state index is 0.201. The molecule has 1 amide bonds. The number of nitrogens with zero attached hydrogens (tertiary/aromatic N) is 3. The van der Waals surface area contributed by atoms with Gasteiger partial charge in [-0.2, -0.15) is 23.4 Å². The van der Waals surface area contributed by atoms with Crippen molar-refractivity contribution in [1.29, 1.82) is 0 Å². The van der Waals surface area contributed by atoms with Crippen LogP contribution in [0.4, 0.5) is 19.0 Å². The van der Waals surface area contributed by atoms with E-state index in [9.17, 15) is 18.0 Å². The molecule has 6 nitrogen and oxygen atoms in total. The maximum absolute atomic E-state index is 13.9. The number of para-hydroxylation sites is 1. The molecule has 0 atom stereocenters. The van der Waals surface area contributed by atoms with Crippen molar-refractivity contribution in [3.05, 3.63) is 59.0 Å². The first kappa shape index (κ1) is 21.1. The average Bonchev–Trinajstić information content (AvgIpc) is 3.36. The summed E-state index contributed by atoms with van der Waals surface area (Å²) in [6.45, 7) is 1.69. The molecule has 0 radical (unpaired) electrons. The highest BCUT2D eigenvalue weighted by atomic mass is 19.4. The molecule has 3 aromatic rings. The van der Waals surface area contributed by atoms with Crippen LogP contribution in [0.2, 0.25) is 0 Å². The molecule has 0 spiro atoms. The predicted molar refractivity (Wildman–Crippen MR) is 110 cm³/mol. The molecule has 9 heteroatoms. The second-order valence-electron chi connectivity index (χ2n) is 8.04. The zero-order valence-corrected chi connectivity index (χ0v) is 17.2. The first-order chi connectivity index (χ1) is 14.8. The minimum atomic E-state index is -4.76. The number of carbonyl (C=O) groups is 1. The maximum atomic E-state index is 13.9. The van der Waals surface area contributed by atoms with Crippen molar-refractivity contribution in [2.24, 2.45) is 5.92 Å². The summed E-state index contributed by atoms with van der Waals surface area (Å²) >= 11 is 0. The summed E-state index contributed by atoms with van der Waals surface area (Å²) in [5.74, 6) is -0.127. The van der Waals surface area contributed by atoms with Crippen molar-refractivity contribution in [2.75, 3.05) is 5.32 Å². The fraction of sp³-hybridized carbons (Fsp3) is 0.409. The second-order valence-corrected chi connectivity index (χ2v) is 8.04. The normalized spacial score (nSPS) is 15.2. The number of aromatic amines is 1. The van der Waals surface area contributed by atoms with Gasteiger partial charge in [0.1, 0.15) is 0 Å². The summed E-state index contributed by atoms with van der Waals surface area (Å²) in [4.78, 5) is 12.7. The Labute approximate surface area is 177 Å². The Hall–Kier alpha value is -3.10. The molecule has 4 rings (SSSR count). The SMILES string of the molecule is Cc1ccccc1-n1ncc(C(=O)Nc2cc(CC3CCCCC3)[nH]n2)c1C(F)(F)F. The van der Waals surface area contributed by atoms with Gasteiger partial charge in [0.2, 0.25) is 0 Å². The average molecular weight is 431 g/mol. The van der Waals surface area contributed by atoms with Gasteiger partial charge in [0.05, 0.1) is 17.4 Å². The van der Waals surface area contributed by atoms with Crippen LogP contribution < -0.4 is 5.32 Å². The third-order valence-corrected chi connectivity index (χ3v) is 5.73. The number of aryl methyl sites for hydroxylation is 1. The monoisotopic (exact) mass is 431 g/mol. The Balaban J connectivity index is 1.56. The highest BCUT2D eigenvalue weighted by Gasteiger charge is 2.41. The van der Waals surface area contributed by atoms with Crippen molar-refractivity contribution >= 4 is 11.7 Å². The summed E-state index contributed by atoms with van der Waals surface area (Å²) < 4.78 is 42.3. The van der Waals surface area contributed by atoms with Crippen LogP contribution in [-0.4, -0.2) is 25.9 Å². The molecule has 1 aliphatic carbocycles. The molecule has 2 N–H and O–H groups in total. The molecule has 0 unspecified atom stereocenters. The smallest absolute Gasteiger partial charge is 0.305 e. The lowest BCUT2D eigenvalue weighted by Gasteiger charge is -2.20. The number of hydrogen-bond donors (Lipinski definition) is 2. The van der Waals surface area contributed by atoms with Crippen LogP contribution in [0.5, 0.6) is 0 Å². The first-order valence-electron chi connectivity index (χ1n) is 10.4. The van der Waals surface area contributed by atoms with Crippen molar-refractivity contribution in [2.45, 2.75) is 51.6 Å². The lowest BCUT2D eigenvalue weighted by molar-refractivity contribution is -0.143. The fourth-order valence-electron chi connectivity index (χ4n) is 4.19. The predicted octanol–water partition coefficient (Wildman–Crippen LogP) is 5.30. The molecule has 164 valence electrons. The van der Waals surface area contributed by atoms with Crippen LogP contribution in [0.25, 0.3) is 5.69 Å². The Bertz CT molecular complexity index is 1060. The van der Waals surface area contributed by atoms with E-state index in [1.54, 1.807) is 31.2 Å². The number of carbonyl (C=O) groups excluding carboxylic acids is 1. The lowest BCUT2D eigenvalue weighted by Crippen LogP contribution is -2.21. The molecule has 1 aromatic carbocycles. The van der Waals surface area contributed by atoms with E-state index >= 15 is 0 Å². The maximum Gasteiger partial charge on any atom is 0.434 e. The summed E-state index contributed by atoms with van der Waals surface area (Å²) in [7, 11) is 0. The van der Waals surface area contributed by atoms with Crippen molar-refractivity contribution in [3.63, 3.8) is 0 Å². The van der Waals surface area contributed by atoms with Crippen LogP contribution in [0.3, 0.4) is 0 Å². The van der Waals surface area contributed by atoms with Gasteiger partial charge in [-0.3, -0.25) is 9.89 Å². The van der Waals surface area contributed by atoms with E-state index < -0.39 is 23.3 Å². The molecule has 1 aliphatic rings. The topological polar surface area (TPSA) is 75.6 Å². The third kappa shape index (κ3) is 4.65. The van der Waals surface area contributed by atoms with Gasteiger partial charge in [0, 0.05) is 11.8 Å². The van der Waals surface area contributed by atoms with E-state index in [4.69, 9.17) is 0 Å². The number of H-pyrrole nitrogens is 1. The Kier molecular flexibility index (Phi) is 5.84. The summed E-state index contributed by atoms with van der Waals surface area (Å²) in [6, 6.07) is 8.26. The highest BCUT2D eigenvalue weighted by Crippen LogP contribution is 2.34. The van der Waals surface area contributed by atoms with Crippen molar-refractivity contribution in [3.8, 4) is 5.69 Å². The highest BCUT2D eigenvalue weighted by molar-refractivity contribution is 6.04. The molecule has 2 aromatic heterocycles. The molecular formula is C22H24F3N5O. The zero-order valence-electron chi connectivity index (χ0n) is 17.2. The number of rotatable bonds is 5. The van der Waals surface area contributed by atoms with E-state index in [2.05, 4.69) is 20.6 Å². The number of anilines is 1. The van der Waals surface area contributed by atoms with Gasteiger partial charge < -0.3 is 5.32 Å². The Morgan fingerprint density at radius 2 is 1.97 bits per heavy atom. The van der Waals surface area contributed by atoms with Gasteiger partial charge in [0.25, 0.3) is 5.91 Å². The van der Waals surface area contributed by atoms with Gasteiger partial charge in [-0.25, -0.2) is 4.68 Å². The molecule has 1 fully saturated rings. The summed E-state index contributed by atoms with van der Waals surface area (Å²) in [6.07, 6.45) is 3.02. The van der Waals surface area contributed by atoms with Crippen LogP contribution in [-0.2, 0) is 12.6 Å². The molecule has 1 saturated carbocycles. The number of amides is 1. The quantitative estimate of drug-likeness (QED) is 0.576. The molecule has 0 saturated heterocycles. The van der Waals surface area contributed by atoms with E-state index in [-0.39, 0.29) is 11.5 Å². The molecule has 0 aliphatic heterocycles. The number of benzene rings is 1. The Morgan fingerprint density at radius 1 is 1.23 bits per heavy atom. The minimum Gasteiger partial charge on any atom is -0.305 e.